The Balaban J connectivity index is -0.00000189. The lowest BCUT2D eigenvalue weighted by molar-refractivity contribution is -0.162. The van der Waals surface area contributed by atoms with Crippen LogP contribution < -0.4 is 0 Å². The van der Waals surface area contributed by atoms with Crippen LogP contribution in [0.5, 0.6) is 0 Å². The third-order valence-corrected chi connectivity index (χ3v) is 13.4. The van der Waals surface area contributed by atoms with Crippen molar-refractivity contribution in [2.45, 2.75) is 238 Å². The van der Waals surface area contributed by atoms with Crippen LogP contribution in [0, 0.1) is 5.41 Å². The summed E-state index contributed by atoms with van der Waals surface area (Å²) in [6.07, 6.45) is 43.0. The molecule has 360 valence electrons. The van der Waals surface area contributed by atoms with Crippen molar-refractivity contribution in [2.75, 3.05) is 19.8 Å². The first-order valence-corrected chi connectivity index (χ1v) is 27.6. The predicted octanol–water partition coefficient (Wildman–Crippen LogP) is 10.8. The van der Waals surface area contributed by atoms with E-state index in [1.807, 2.05) is 0 Å². The van der Waals surface area contributed by atoms with Gasteiger partial charge >= 0.3 is 34.4 Å². The average molecular weight is 933 g/mol. The Morgan fingerprint density at radius 1 is 0.305 bits per heavy atom. The Morgan fingerprint density at radius 3 is 0.610 bits per heavy atom. The highest BCUT2D eigenvalue weighted by Gasteiger charge is 2.48. The van der Waals surface area contributed by atoms with Crippen molar-refractivity contribution in [3.63, 3.8) is 0 Å². The van der Waals surface area contributed by atoms with Crippen molar-refractivity contribution in [3.05, 3.63) is 0 Å². The minimum Gasteiger partial charge on any atom is -0.395 e. The summed E-state index contributed by atoms with van der Waals surface area (Å²) in [7, 11) is -10.4. The van der Waals surface area contributed by atoms with Gasteiger partial charge in [0.2, 0.25) is 0 Å². The second kappa shape index (κ2) is 48.6. The van der Waals surface area contributed by atoms with Gasteiger partial charge in [0.1, 0.15) is 0 Å². The van der Waals surface area contributed by atoms with Gasteiger partial charge in [0.25, 0.3) is 0 Å². The fourth-order valence-corrected chi connectivity index (χ4v) is 8.35. The summed E-state index contributed by atoms with van der Waals surface area (Å²) in [5.74, 6) is 0. The smallest absolute Gasteiger partial charge is 0.334 e. The molecule has 0 aromatic heterocycles. The van der Waals surface area contributed by atoms with E-state index >= 15 is 0 Å². The van der Waals surface area contributed by atoms with E-state index in [1.54, 1.807) is 0 Å². The molecule has 0 aliphatic rings. The number of aliphatic hydroxyl groups excluding tert-OH is 3. The Kier molecular flexibility index (Phi) is 53.1. The van der Waals surface area contributed by atoms with Crippen molar-refractivity contribution in [1.29, 1.82) is 0 Å². The summed E-state index contributed by atoms with van der Waals surface area (Å²) in [5, 5.41) is 42.0. The molecule has 0 spiro atoms. The van der Waals surface area contributed by atoms with E-state index in [9.17, 15) is 20.4 Å². The zero-order chi connectivity index (χ0) is 44.9. The van der Waals surface area contributed by atoms with Crippen LogP contribution in [0.1, 0.15) is 232 Å². The zero-order valence-corrected chi connectivity index (χ0v) is 40.7. The number of unbranched alkanes of at least 4 members (excludes halogenated alkanes) is 30. The SMILES string of the molecule is CCCCCCCCCCCCCCCCCCC(O)(CCCCCCCCCCCCCCCCCC)C(CO)(CO)CO.OP(O)OP(O)O.OP(O)OP(O)O. The number of rotatable bonds is 42. The van der Waals surface area contributed by atoms with E-state index in [1.165, 1.54) is 180 Å². The molecule has 0 aromatic rings. The van der Waals surface area contributed by atoms with Crippen LogP contribution >= 0.6 is 34.4 Å². The van der Waals surface area contributed by atoms with Crippen LogP contribution in [0.15, 0.2) is 0 Å². The highest BCUT2D eigenvalue weighted by Crippen LogP contribution is 2.42. The first-order valence-electron chi connectivity index (χ1n) is 22.9. The highest BCUT2D eigenvalue weighted by molar-refractivity contribution is 7.53. The molecule has 0 unspecified atom stereocenters. The first-order chi connectivity index (χ1) is 28.3. The van der Waals surface area contributed by atoms with Gasteiger partial charge in [-0.15, -0.1) is 0 Å². The normalized spacial score (nSPS) is 12.1. The monoisotopic (exact) mass is 933 g/mol. The molecular weight excluding hydrogens is 840 g/mol. The molecule has 59 heavy (non-hydrogen) atoms. The van der Waals surface area contributed by atoms with Gasteiger partial charge in [0, 0.05) is 0 Å². The first kappa shape index (κ1) is 64.4. The molecule has 0 amide bonds. The van der Waals surface area contributed by atoms with E-state index in [4.69, 9.17) is 39.1 Å². The predicted molar refractivity (Wildman–Crippen MR) is 245 cm³/mol. The summed E-state index contributed by atoms with van der Waals surface area (Å²) in [6.45, 7) is 3.42. The van der Waals surface area contributed by atoms with E-state index in [0.717, 1.165) is 25.7 Å². The van der Waals surface area contributed by atoms with Crippen molar-refractivity contribution < 1.29 is 68.2 Å². The summed E-state index contributed by atoms with van der Waals surface area (Å²) in [5.41, 5.74) is -2.44. The number of aliphatic hydroxyl groups is 4. The quantitative estimate of drug-likeness (QED) is 0.0201. The lowest BCUT2D eigenvalue weighted by Crippen LogP contribution is -2.55. The fourth-order valence-electron chi connectivity index (χ4n) is 7.31. The number of hydrogen-bond donors (Lipinski definition) is 12. The molecule has 18 heteroatoms. The molecule has 0 saturated heterocycles. The Morgan fingerprint density at radius 2 is 0.475 bits per heavy atom. The lowest BCUT2D eigenvalue weighted by Gasteiger charge is -2.44. The van der Waals surface area contributed by atoms with Gasteiger partial charge in [0.15, 0.2) is 0 Å². The van der Waals surface area contributed by atoms with Gasteiger partial charge < -0.3 is 59.6 Å². The summed E-state index contributed by atoms with van der Waals surface area (Å²) in [6, 6.07) is 0. The molecule has 0 radical (unpaired) electrons. The second-order valence-electron chi connectivity index (χ2n) is 16.1. The number of hydrogen-bond acceptors (Lipinski definition) is 14. The lowest BCUT2D eigenvalue weighted by atomic mass is 9.68. The Bertz CT molecular complexity index is 733. The van der Waals surface area contributed by atoms with Crippen molar-refractivity contribution in [1.82, 2.24) is 0 Å². The van der Waals surface area contributed by atoms with Gasteiger partial charge in [0.05, 0.1) is 30.8 Å². The second-order valence-corrected chi connectivity index (χ2v) is 19.4. The van der Waals surface area contributed by atoms with Crippen molar-refractivity contribution >= 4 is 34.4 Å². The van der Waals surface area contributed by atoms with Crippen LogP contribution in [0.3, 0.4) is 0 Å². The maximum absolute atomic E-state index is 11.7. The van der Waals surface area contributed by atoms with Crippen LogP contribution in [0.4, 0.5) is 0 Å². The molecule has 0 aliphatic heterocycles. The largest absolute Gasteiger partial charge is 0.395 e. The van der Waals surface area contributed by atoms with Gasteiger partial charge in [-0.1, -0.05) is 219 Å². The summed E-state index contributed by atoms with van der Waals surface area (Å²) >= 11 is 0. The Hall–Kier alpha value is 1.16. The Labute approximate surface area is 364 Å². The van der Waals surface area contributed by atoms with Crippen LogP contribution in [-0.4, -0.2) is 85.0 Å². The van der Waals surface area contributed by atoms with E-state index in [2.05, 4.69) is 22.5 Å². The fraction of sp³-hybridized carbons (Fsp3) is 1.00. The van der Waals surface area contributed by atoms with E-state index < -0.39 is 45.4 Å². The summed E-state index contributed by atoms with van der Waals surface area (Å²) in [4.78, 5) is 62.5. The van der Waals surface area contributed by atoms with Crippen LogP contribution in [0.2, 0.25) is 0 Å². The summed E-state index contributed by atoms with van der Waals surface area (Å²) < 4.78 is 7.20. The van der Waals surface area contributed by atoms with Crippen LogP contribution in [-0.2, 0) is 8.62 Å². The molecule has 0 bridgehead atoms. The molecule has 0 saturated carbocycles. The molecule has 0 aliphatic carbocycles. The molecule has 0 fully saturated rings. The van der Waals surface area contributed by atoms with Gasteiger partial charge in [-0.05, 0) is 12.8 Å². The highest BCUT2D eigenvalue weighted by atomic mass is 31.2. The van der Waals surface area contributed by atoms with Gasteiger partial charge in [-0.3, -0.25) is 0 Å². The topological polar surface area (TPSA) is 261 Å². The van der Waals surface area contributed by atoms with Crippen molar-refractivity contribution in [2.24, 2.45) is 5.41 Å². The molecule has 0 heterocycles. The standard InChI is InChI=1S/C41H84O4.2H4O5P2/c1-3-5-7-9-11-13-15-17-19-21-23-25-27-29-31-33-35-41(45,40(37-42,38-43)39-44)36-34-32-30-28-26-24-22-20-18-16-14-12-10-8-6-4-2;2*1-6(2)5-7(3)4/h42-45H,3-39H2,1-2H3;2*1-4H. The maximum Gasteiger partial charge on any atom is 0.334 e. The third-order valence-electron chi connectivity index (χ3n) is 11.1. The van der Waals surface area contributed by atoms with E-state index in [-0.39, 0.29) is 19.8 Å². The molecular formula is C41H92O14P4. The minimum absolute atomic E-state index is 0.381. The molecule has 14 nitrogen and oxygen atoms in total. The maximum atomic E-state index is 11.7. The van der Waals surface area contributed by atoms with Crippen LogP contribution in [0.25, 0.3) is 0 Å². The molecule has 0 aromatic carbocycles. The molecule has 0 rings (SSSR count). The molecule has 12 N–H and O–H groups in total. The minimum atomic E-state index is -2.61. The zero-order valence-electron chi connectivity index (χ0n) is 37.1. The van der Waals surface area contributed by atoms with E-state index in [0.29, 0.717) is 12.8 Å². The molecule has 0 atom stereocenters. The van der Waals surface area contributed by atoms with Gasteiger partial charge in [-0.2, -0.15) is 0 Å². The third kappa shape index (κ3) is 45.5. The van der Waals surface area contributed by atoms with Crippen molar-refractivity contribution in [3.8, 4) is 0 Å². The van der Waals surface area contributed by atoms with Gasteiger partial charge in [-0.25, -0.2) is 8.62 Å². The average Bonchev–Trinajstić information content (AvgIpc) is 3.18.